The molecule has 1 saturated heterocycles. The van der Waals surface area contributed by atoms with Crippen molar-refractivity contribution in [3.05, 3.63) is 34.6 Å². The molecular formula is C14H18ClFN2O2. The van der Waals surface area contributed by atoms with Gasteiger partial charge in [0.25, 0.3) is 0 Å². The predicted octanol–water partition coefficient (Wildman–Crippen LogP) is 1.82. The van der Waals surface area contributed by atoms with Crippen LogP contribution in [0.4, 0.5) is 4.39 Å². The summed E-state index contributed by atoms with van der Waals surface area (Å²) in [5.74, 6) is -0.606. The highest BCUT2D eigenvalue weighted by Gasteiger charge is 2.33. The van der Waals surface area contributed by atoms with Crippen molar-refractivity contribution in [2.75, 3.05) is 26.7 Å². The maximum Gasteiger partial charge on any atom is 0.248 e. The molecule has 1 fully saturated rings. The number of hydrogen-bond donors (Lipinski definition) is 1. The minimum atomic E-state index is -0.409. The van der Waals surface area contributed by atoms with E-state index in [9.17, 15) is 9.18 Å². The number of benzene rings is 1. The lowest BCUT2D eigenvalue weighted by Crippen LogP contribution is -2.59. The van der Waals surface area contributed by atoms with Crippen LogP contribution in [0.3, 0.4) is 0 Å². The third kappa shape index (κ3) is 3.48. The Kier molecular flexibility index (Phi) is 4.62. The van der Waals surface area contributed by atoms with Gasteiger partial charge in [0, 0.05) is 37.3 Å². The molecule has 1 aliphatic rings. The summed E-state index contributed by atoms with van der Waals surface area (Å²) in [4.78, 5) is 13.4. The topological polar surface area (TPSA) is 41.6 Å². The first-order valence-corrected chi connectivity index (χ1v) is 6.81. The van der Waals surface area contributed by atoms with Crippen LogP contribution in [0.15, 0.2) is 18.2 Å². The molecule has 1 aromatic rings. The van der Waals surface area contributed by atoms with Crippen LogP contribution < -0.4 is 5.32 Å². The molecule has 1 N–H and O–H groups in total. The number of likely N-dealkylation sites (N-methyl/N-ethyl adjacent to an activating group) is 1. The fraction of sp³-hybridized carbons (Fsp3) is 0.500. The first-order valence-electron chi connectivity index (χ1n) is 6.43. The van der Waals surface area contributed by atoms with E-state index in [2.05, 4.69) is 5.32 Å². The van der Waals surface area contributed by atoms with Crippen molar-refractivity contribution in [2.45, 2.75) is 19.1 Å². The van der Waals surface area contributed by atoms with Gasteiger partial charge in [-0.1, -0.05) is 17.7 Å². The lowest BCUT2D eigenvalue weighted by molar-refractivity contribution is -0.145. The van der Waals surface area contributed by atoms with Crippen molar-refractivity contribution >= 4 is 17.5 Å². The van der Waals surface area contributed by atoms with Crippen molar-refractivity contribution in [1.29, 1.82) is 0 Å². The Hall–Kier alpha value is -1.17. The van der Waals surface area contributed by atoms with Gasteiger partial charge in [0.05, 0.1) is 5.60 Å². The SMILES string of the molecule is CN(Cc1c(F)cccc1Cl)C(=O)COC1(C)CNC1. The maximum atomic E-state index is 13.7. The third-order valence-electron chi connectivity index (χ3n) is 3.42. The van der Waals surface area contributed by atoms with Crippen LogP contribution in [0.25, 0.3) is 0 Å². The quantitative estimate of drug-likeness (QED) is 0.902. The van der Waals surface area contributed by atoms with E-state index in [1.807, 2.05) is 6.92 Å². The van der Waals surface area contributed by atoms with Gasteiger partial charge in [-0.3, -0.25) is 4.79 Å². The molecule has 0 saturated carbocycles. The van der Waals surface area contributed by atoms with E-state index in [4.69, 9.17) is 16.3 Å². The molecule has 0 aromatic heterocycles. The number of carbonyl (C=O) groups excluding carboxylic acids is 1. The largest absolute Gasteiger partial charge is 0.363 e. The van der Waals surface area contributed by atoms with Crippen LogP contribution >= 0.6 is 11.6 Å². The Bertz CT molecular complexity index is 486. The average molecular weight is 301 g/mol. The summed E-state index contributed by atoms with van der Waals surface area (Å²) >= 11 is 5.94. The average Bonchev–Trinajstić information content (AvgIpc) is 2.38. The highest BCUT2D eigenvalue weighted by molar-refractivity contribution is 6.31. The molecule has 0 unspecified atom stereocenters. The summed E-state index contributed by atoms with van der Waals surface area (Å²) in [6.45, 7) is 3.54. The van der Waals surface area contributed by atoms with Gasteiger partial charge >= 0.3 is 0 Å². The second-order valence-corrected chi connectivity index (χ2v) is 5.70. The summed E-state index contributed by atoms with van der Waals surface area (Å²) in [5, 5.41) is 3.41. The van der Waals surface area contributed by atoms with E-state index >= 15 is 0 Å². The zero-order chi connectivity index (χ0) is 14.8. The van der Waals surface area contributed by atoms with Crippen LogP contribution in [0.2, 0.25) is 5.02 Å². The van der Waals surface area contributed by atoms with Gasteiger partial charge in [-0.15, -0.1) is 0 Å². The van der Waals surface area contributed by atoms with Crippen LogP contribution in [-0.2, 0) is 16.1 Å². The number of halogens is 2. The fourth-order valence-electron chi connectivity index (χ4n) is 1.93. The molecule has 1 aliphatic heterocycles. The van der Waals surface area contributed by atoms with Crippen LogP contribution in [0.5, 0.6) is 0 Å². The summed E-state index contributed by atoms with van der Waals surface area (Å²) in [5.41, 5.74) is 0.0492. The molecule has 110 valence electrons. The fourth-order valence-corrected chi connectivity index (χ4v) is 2.16. The molecular weight excluding hydrogens is 283 g/mol. The van der Waals surface area contributed by atoms with E-state index in [1.54, 1.807) is 13.1 Å². The molecule has 1 amide bonds. The first kappa shape index (κ1) is 15.2. The predicted molar refractivity (Wildman–Crippen MR) is 75.1 cm³/mol. The summed E-state index contributed by atoms with van der Waals surface area (Å²) < 4.78 is 19.2. The minimum absolute atomic E-state index is 0.0131. The summed E-state index contributed by atoms with van der Waals surface area (Å²) in [6.07, 6.45) is 0. The van der Waals surface area contributed by atoms with Crippen LogP contribution in [0.1, 0.15) is 12.5 Å². The standard InChI is InChI=1S/C14H18ClFN2O2/c1-14(8-17-9-14)20-7-13(19)18(2)6-10-11(15)4-3-5-12(10)16/h3-5,17H,6-9H2,1-2H3. The van der Waals surface area contributed by atoms with E-state index in [1.165, 1.54) is 17.0 Å². The lowest BCUT2D eigenvalue weighted by Gasteiger charge is -2.39. The van der Waals surface area contributed by atoms with Gasteiger partial charge in [-0.05, 0) is 19.1 Å². The summed E-state index contributed by atoms with van der Waals surface area (Å²) in [6, 6.07) is 4.48. The van der Waals surface area contributed by atoms with Gasteiger partial charge < -0.3 is 15.0 Å². The molecule has 20 heavy (non-hydrogen) atoms. The second-order valence-electron chi connectivity index (χ2n) is 5.29. The number of carbonyl (C=O) groups is 1. The normalized spacial score (nSPS) is 16.6. The van der Waals surface area contributed by atoms with Crippen molar-refractivity contribution in [3.8, 4) is 0 Å². The van der Waals surface area contributed by atoms with E-state index in [0.29, 0.717) is 10.6 Å². The van der Waals surface area contributed by atoms with Crippen molar-refractivity contribution in [2.24, 2.45) is 0 Å². The Morgan fingerprint density at radius 3 is 2.80 bits per heavy atom. The molecule has 0 spiro atoms. The van der Waals surface area contributed by atoms with Crippen molar-refractivity contribution < 1.29 is 13.9 Å². The van der Waals surface area contributed by atoms with Gasteiger partial charge in [0.15, 0.2) is 0 Å². The first-order chi connectivity index (χ1) is 9.41. The Balaban J connectivity index is 1.90. The molecule has 1 aromatic carbocycles. The zero-order valence-electron chi connectivity index (χ0n) is 11.6. The van der Waals surface area contributed by atoms with Gasteiger partial charge in [-0.2, -0.15) is 0 Å². The molecule has 4 nitrogen and oxygen atoms in total. The van der Waals surface area contributed by atoms with E-state index in [0.717, 1.165) is 13.1 Å². The number of amides is 1. The van der Waals surface area contributed by atoms with E-state index < -0.39 is 5.82 Å². The Morgan fingerprint density at radius 1 is 1.55 bits per heavy atom. The number of rotatable bonds is 5. The smallest absolute Gasteiger partial charge is 0.248 e. The highest BCUT2D eigenvalue weighted by atomic mass is 35.5. The van der Waals surface area contributed by atoms with E-state index in [-0.39, 0.29) is 24.7 Å². The third-order valence-corrected chi connectivity index (χ3v) is 3.78. The summed E-state index contributed by atoms with van der Waals surface area (Å²) in [7, 11) is 1.61. The second kappa shape index (κ2) is 6.08. The Morgan fingerprint density at radius 2 is 2.25 bits per heavy atom. The zero-order valence-corrected chi connectivity index (χ0v) is 12.3. The number of ether oxygens (including phenoxy) is 1. The molecule has 0 radical (unpaired) electrons. The molecule has 1 heterocycles. The molecule has 0 atom stereocenters. The molecule has 0 aliphatic carbocycles. The van der Waals surface area contributed by atoms with Crippen molar-refractivity contribution in [1.82, 2.24) is 10.2 Å². The Labute approximate surface area is 122 Å². The van der Waals surface area contributed by atoms with Crippen LogP contribution in [-0.4, -0.2) is 43.2 Å². The number of nitrogens with one attached hydrogen (secondary N) is 1. The van der Waals surface area contributed by atoms with Crippen LogP contribution in [0, 0.1) is 5.82 Å². The number of nitrogens with zero attached hydrogens (tertiary/aromatic N) is 1. The minimum Gasteiger partial charge on any atom is -0.363 e. The van der Waals surface area contributed by atoms with Gasteiger partial charge in [0.2, 0.25) is 5.91 Å². The highest BCUT2D eigenvalue weighted by Crippen LogP contribution is 2.21. The number of hydrogen-bond acceptors (Lipinski definition) is 3. The molecule has 0 bridgehead atoms. The molecule has 6 heteroatoms. The van der Waals surface area contributed by atoms with Gasteiger partial charge in [-0.25, -0.2) is 4.39 Å². The maximum absolute atomic E-state index is 13.7. The monoisotopic (exact) mass is 300 g/mol. The van der Waals surface area contributed by atoms with Crippen molar-refractivity contribution in [3.63, 3.8) is 0 Å². The van der Waals surface area contributed by atoms with Gasteiger partial charge in [0.1, 0.15) is 12.4 Å². The molecule has 2 rings (SSSR count). The lowest BCUT2D eigenvalue weighted by atomic mass is 10.0.